The topological polar surface area (TPSA) is 49.4 Å². The standard InChI is InChI=1S/C21H27FN2O2/c22-16-10-8-15(9-11-16)18-14-19(25)24(18)21(12-4-1-5-13-21)20(26)23-17-6-2-3-7-17/h8-11,17-18H,1-7,12-14H2,(H,23,26). The lowest BCUT2D eigenvalue weighted by molar-refractivity contribution is -0.168. The van der Waals surface area contributed by atoms with Crippen molar-refractivity contribution in [3.05, 3.63) is 35.6 Å². The molecule has 1 aromatic carbocycles. The molecule has 1 saturated heterocycles. The summed E-state index contributed by atoms with van der Waals surface area (Å²) >= 11 is 0. The molecular weight excluding hydrogens is 331 g/mol. The molecule has 4 nitrogen and oxygen atoms in total. The first-order chi connectivity index (χ1) is 12.6. The van der Waals surface area contributed by atoms with Gasteiger partial charge < -0.3 is 10.2 Å². The van der Waals surface area contributed by atoms with E-state index in [0.717, 1.165) is 50.5 Å². The van der Waals surface area contributed by atoms with Crippen molar-refractivity contribution in [2.45, 2.75) is 81.8 Å². The average molecular weight is 358 g/mol. The highest BCUT2D eigenvalue weighted by Gasteiger charge is 2.55. The van der Waals surface area contributed by atoms with E-state index in [1.807, 2.05) is 4.90 Å². The molecule has 3 aliphatic rings. The first-order valence-electron chi connectivity index (χ1n) is 9.99. The Hall–Kier alpha value is -1.91. The van der Waals surface area contributed by atoms with E-state index in [1.54, 1.807) is 12.1 Å². The van der Waals surface area contributed by atoms with Crippen molar-refractivity contribution in [2.24, 2.45) is 0 Å². The number of β-lactam (4-membered cyclic amide) rings is 1. The van der Waals surface area contributed by atoms with Crippen LogP contribution in [-0.4, -0.2) is 28.3 Å². The minimum Gasteiger partial charge on any atom is -0.351 e. The third-order valence-electron chi connectivity index (χ3n) is 6.46. The highest BCUT2D eigenvalue weighted by Crippen LogP contribution is 2.46. The highest BCUT2D eigenvalue weighted by atomic mass is 19.1. The van der Waals surface area contributed by atoms with Crippen molar-refractivity contribution in [3.63, 3.8) is 0 Å². The van der Waals surface area contributed by atoms with Crippen LogP contribution in [0.25, 0.3) is 0 Å². The largest absolute Gasteiger partial charge is 0.351 e. The van der Waals surface area contributed by atoms with Gasteiger partial charge in [0, 0.05) is 6.04 Å². The fraction of sp³-hybridized carbons (Fsp3) is 0.619. The predicted octanol–water partition coefficient (Wildman–Crippen LogP) is 3.86. The SMILES string of the molecule is O=C1CC(c2ccc(F)cc2)N1C1(C(=O)NC2CCCC2)CCCCC1. The zero-order valence-electron chi connectivity index (χ0n) is 15.2. The van der Waals surface area contributed by atoms with Crippen LogP contribution in [0.4, 0.5) is 4.39 Å². The van der Waals surface area contributed by atoms with Crippen molar-refractivity contribution < 1.29 is 14.0 Å². The van der Waals surface area contributed by atoms with E-state index < -0.39 is 5.54 Å². The zero-order valence-corrected chi connectivity index (χ0v) is 15.2. The molecule has 1 N–H and O–H groups in total. The van der Waals surface area contributed by atoms with Gasteiger partial charge in [0.1, 0.15) is 11.4 Å². The van der Waals surface area contributed by atoms with Crippen LogP contribution in [0.1, 0.15) is 75.8 Å². The monoisotopic (exact) mass is 358 g/mol. The summed E-state index contributed by atoms with van der Waals surface area (Å²) in [5.41, 5.74) is 0.194. The van der Waals surface area contributed by atoms with E-state index >= 15 is 0 Å². The van der Waals surface area contributed by atoms with Gasteiger partial charge in [0.2, 0.25) is 11.8 Å². The van der Waals surface area contributed by atoms with Gasteiger partial charge in [-0.1, -0.05) is 44.2 Å². The molecule has 1 unspecified atom stereocenters. The summed E-state index contributed by atoms with van der Waals surface area (Å²) in [7, 11) is 0. The maximum absolute atomic E-state index is 13.3. The smallest absolute Gasteiger partial charge is 0.246 e. The van der Waals surface area contributed by atoms with Gasteiger partial charge in [0.25, 0.3) is 0 Å². The first-order valence-corrected chi connectivity index (χ1v) is 9.99. The van der Waals surface area contributed by atoms with Gasteiger partial charge in [-0.25, -0.2) is 4.39 Å². The molecule has 3 fully saturated rings. The van der Waals surface area contributed by atoms with Crippen LogP contribution >= 0.6 is 0 Å². The van der Waals surface area contributed by atoms with E-state index in [1.165, 1.54) is 25.0 Å². The lowest BCUT2D eigenvalue weighted by Gasteiger charge is -2.54. The van der Waals surface area contributed by atoms with Crippen molar-refractivity contribution in [1.82, 2.24) is 10.2 Å². The fourth-order valence-corrected chi connectivity index (χ4v) is 5.01. The normalized spacial score (nSPS) is 25.8. The quantitative estimate of drug-likeness (QED) is 0.831. The average Bonchev–Trinajstić information content (AvgIpc) is 3.14. The van der Waals surface area contributed by atoms with Crippen LogP contribution in [0, 0.1) is 5.82 Å². The Balaban J connectivity index is 1.60. The first kappa shape index (κ1) is 17.5. The minimum absolute atomic E-state index is 0.0317. The number of nitrogens with one attached hydrogen (secondary N) is 1. The number of likely N-dealkylation sites (tertiary alicyclic amines) is 1. The Morgan fingerprint density at radius 3 is 2.31 bits per heavy atom. The Morgan fingerprint density at radius 2 is 1.69 bits per heavy atom. The lowest BCUT2D eigenvalue weighted by Crippen LogP contribution is -2.67. The van der Waals surface area contributed by atoms with Crippen LogP contribution in [0.3, 0.4) is 0 Å². The van der Waals surface area contributed by atoms with Crippen LogP contribution in [0.5, 0.6) is 0 Å². The van der Waals surface area contributed by atoms with Crippen molar-refractivity contribution in [3.8, 4) is 0 Å². The van der Waals surface area contributed by atoms with Gasteiger partial charge in [-0.2, -0.15) is 0 Å². The third kappa shape index (κ3) is 3.01. The molecule has 1 heterocycles. The summed E-state index contributed by atoms with van der Waals surface area (Å²) in [4.78, 5) is 27.7. The number of hydrogen-bond acceptors (Lipinski definition) is 2. The molecule has 1 aliphatic heterocycles. The second-order valence-corrected chi connectivity index (χ2v) is 8.08. The molecule has 2 aliphatic carbocycles. The lowest BCUT2D eigenvalue weighted by atomic mass is 9.74. The van der Waals surface area contributed by atoms with Gasteiger partial charge in [-0.3, -0.25) is 9.59 Å². The molecule has 140 valence electrons. The van der Waals surface area contributed by atoms with E-state index in [-0.39, 0.29) is 29.7 Å². The molecule has 0 radical (unpaired) electrons. The van der Waals surface area contributed by atoms with E-state index in [9.17, 15) is 14.0 Å². The van der Waals surface area contributed by atoms with Gasteiger partial charge in [0.15, 0.2) is 0 Å². The number of benzene rings is 1. The van der Waals surface area contributed by atoms with Crippen LogP contribution < -0.4 is 5.32 Å². The summed E-state index contributed by atoms with van der Waals surface area (Å²) in [5.74, 6) is -0.204. The van der Waals surface area contributed by atoms with Crippen molar-refractivity contribution in [2.75, 3.05) is 0 Å². The molecule has 1 aromatic rings. The number of carbonyl (C=O) groups is 2. The molecule has 0 spiro atoms. The molecule has 4 rings (SSSR count). The van der Waals surface area contributed by atoms with E-state index in [0.29, 0.717) is 6.42 Å². The minimum atomic E-state index is -0.727. The molecule has 2 saturated carbocycles. The highest BCUT2D eigenvalue weighted by molar-refractivity contribution is 5.95. The third-order valence-corrected chi connectivity index (χ3v) is 6.46. The number of carbonyl (C=O) groups excluding carboxylic acids is 2. The number of hydrogen-bond donors (Lipinski definition) is 1. The van der Waals surface area contributed by atoms with E-state index in [4.69, 9.17) is 0 Å². The fourth-order valence-electron chi connectivity index (χ4n) is 5.01. The molecule has 2 amide bonds. The Labute approximate surface area is 154 Å². The van der Waals surface area contributed by atoms with Crippen LogP contribution in [-0.2, 0) is 9.59 Å². The van der Waals surface area contributed by atoms with Gasteiger partial charge in [-0.05, 0) is 43.4 Å². The number of halogens is 1. The van der Waals surface area contributed by atoms with Gasteiger partial charge in [-0.15, -0.1) is 0 Å². The molecule has 1 atom stereocenters. The van der Waals surface area contributed by atoms with Crippen LogP contribution in [0.2, 0.25) is 0 Å². The predicted molar refractivity (Wildman–Crippen MR) is 96.8 cm³/mol. The second-order valence-electron chi connectivity index (χ2n) is 8.08. The maximum Gasteiger partial charge on any atom is 0.246 e. The van der Waals surface area contributed by atoms with Crippen molar-refractivity contribution in [1.29, 1.82) is 0 Å². The number of rotatable bonds is 4. The molecule has 0 aromatic heterocycles. The van der Waals surface area contributed by atoms with Crippen LogP contribution in [0.15, 0.2) is 24.3 Å². The summed E-state index contributed by atoms with van der Waals surface area (Å²) < 4.78 is 13.3. The Kier molecular flexibility index (Phi) is 4.72. The summed E-state index contributed by atoms with van der Waals surface area (Å²) in [6.07, 6.45) is 9.33. The molecule has 0 bridgehead atoms. The van der Waals surface area contributed by atoms with E-state index in [2.05, 4.69) is 5.32 Å². The second kappa shape index (κ2) is 7.01. The summed E-state index contributed by atoms with van der Waals surface area (Å²) in [5, 5.41) is 3.25. The molecule has 26 heavy (non-hydrogen) atoms. The molecule has 5 heteroatoms. The number of amides is 2. The maximum atomic E-state index is 13.3. The van der Waals surface area contributed by atoms with Gasteiger partial charge in [0.05, 0.1) is 12.5 Å². The van der Waals surface area contributed by atoms with Gasteiger partial charge >= 0.3 is 0 Å². The summed E-state index contributed by atoms with van der Waals surface area (Å²) in [6.45, 7) is 0. The summed E-state index contributed by atoms with van der Waals surface area (Å²) in [6, 6.07) is 6.48. The zero-order chi connectivity index (χ0) is 18.1. The Bertz CT molecular complexity index is 676. The molecular formula is C21H27FN2O2. The van der Waals surface area contributed by atoms with Crippen molar-refractivity contribution >= 4 is 11.8 Å². The number of nitrogens with zero attached hydrogens (tertiary/aromatic N) is 1. The Morgan fingerprint density at radius 1 is 1.04 bits per heavy atom.